The van der Waals surface area contributed by atoms with Gasteiger partial charge in [-0.25, -0.2) is 5.01 Å². The predicted octanol–water partition coefficient (Wildman–Crippen LogP) is 5.27. The quantitative estimate of drug-likeness (QED) is 0.398. The molecule has 4 aromatic carbocycles. The van der Waals surface area contributed by atoms with Crippen LogP contribution in [0.2, 0.25) is 0 Å². The molecule has 4 nitrogen and oxygen atoms in total. The molecule has 4 aromatic rings. The van der Waals surface area contributed by atoms with Crippen LogP contribution in [-0.4, -0.2) is 24.1 Å². The number of carbonyl (C=O) groups excluding carboxylic acids is 1. The first-order valence-electron chi connectivity index (χ1n) is 10.7. The van der Waals surface area contributed by atoms with Crippen molar-refractivity contribution in [3.05, 3.63) is 132 Å². The van der Waals surface area contributed by atoms with Gasteiger partial charge in [-0.05, 0) is 35.4 Å². The van der Waals surface area contributed by atoms with Gasteiger partial charge in [-0.1, -0.05) is 97.1 Å². The normalized spacial score (nSPS) is 16.8. The average Bonchev–Trinajstić information content (AvgIpc) is 2.87. The monoisotopic (exact) mass is 420 g/mol. The van der Waals surface area contributed by atoms with Gasteiger partial charge in [0, 0.05) is 7.05 Å². The lowest BCUT2D eigenvalue weighted by molar-refractivity contribution is -0.178. The number of ether oxygens (including phenoxy) is 1. The molecule has 4 heteroatoms. The topological polar surface area (TPSA) is 32.8 Å². The molecule has 1 aliphatic rings. The molecule has 1 amide bonds. The first-order valence-corrected chi connectivity index (χ1v) is 10.7. The first kappa shape index (κ1) is 19.9. The largest absolute Gasteiger partial charge is 0.477 e. The summed E-state index contributed by atoms with van der Waals surface area (Å²) in [6.07, 6.45) is -0.708. The van der Waals surface area contributed by atoms with Crippen LogP contribution in [0.4, 0.5) is 5.69 Å². The lowest BCUT2D eigenvalue weighted by atomic mass is 9.71. The summed E-state index contributed by atoms with van der Waals surface area (Å²) in [6, 6.07) is 39.7. The smallest absolute Gasteiger partial charge is 0.286 e. The van der Waals surface area contributed by atoms with E-state index < -0.39 is 11.6 Å². The molecule has 0 saturated carbocycles. The van der Waals surface area contributed by atoms with Crippen molar-refractivity contribution in [3.63, 3.8) is 0 Å². The van der Waals surface area contributed by atoms with Crippen molar-refractivity contribution >= 4 is 11.6 Å². The van der Waals surface area contributed by atoms with Gasteiger partial charge in [0.05, 0.1) is 5.69 Å². The van der Waals surface area contributed by atoms with Crippen LogP contribution in [0.3, 0.4) is 0 Å². The molecule has 0 radical (unpaired) electrons. The van der Waals surface area contributed by atoms with E-state index in [1.165, 1.54) is 0 Å². The standard InChI is InChI=1S/C28H24N2O2/c1-29(24-18-10-4-11-19-24)30-27(31)26(32-25-20-12-5-13-21-25)28(30,22-14-6-2-7-15-22)23-16-8-3-9-17-23/h2-21,26H,1H3/t26-/m1/s1. The van der Waals surface area contributed by atoms with E-state index in [1.54, 1.807) is 0 Å². The molecule has 158 valence electrons. The number of amides is 1. The van der Waals surface area contributed by atoms with Gasteiger partial charge >= 0.3 is 0 Å². The highest BCUT2D eigenvalue weighted by molar-refractivity contribution is 5.94. The Morgan fingerprint density at radius 3 is 1.62 bits per heavy atom. The van der Waals surface area contributed by atoms with Gasteiger partial charge in [0.25, 0.3) is 5.91 Å². The minimum Gasteiger partial charge on any atom is -0.477 e. The van der Waals surface area contributed by atoms with Gasteiger partial charge in [-0.2, -0.15) is 0 Å². The summed E-state index contributed by atoms with van der Waals surface area (Å²) in [5, 5.41) is 3.74. The molecule has 1 heterocycles. The second-order valence-electron chi connectivity index (χ2n) is 7.82. The third kappa shape index (κ3) is 3.12. The third-order valence-corrected chi connectivity index (χ3v) is 6.00. The Hall–Kier alpha value is -4.05. The van der Waals surface area contributed by atoms with Gasteiger partial charge < -0.3 is 4.74 Å². The highest BCUT2D eigenvalue weighted by atomic mass is 16.5. The SMILES string of the molecule is CN(c1ccccc1)N1C(=O)[C@@H](Oc2ccccc2)C1(c1ccccc1)c1ccccc1. The molecule has 32 heavy (non-hydrogen) atoms. The number of hydrogen-bond donors (Lipinski definition) is 0. The zero-order valence-electron chi connectivity index (χ0n) is 17.8. The van der Waals surface area contributed by atoms with E-state index in [2.05, 4.69) is 24.3 Å². The minimum absolute atomic E-state index is 0.0899. The number of para-hydroxylation sites is 2. The van der Waals surface area contributed by atoms with Crippen molar-refractivity contribution in [3.8, 4) is 5.75 Å². The number of β-lactam (4-membered cyclic amide) rings is 1. The van der Waals surface area contributed by atoms with E-state index >= 15 is 0 Å². The summed E-state index contributed by atoms with van der Waals surface area (Å²) in [4.78, 5) is 13.7. The summed E-state index contributed by atoms with van der Waals surface area (Å²) in [7, 11) is 1.92. The van der Waals surface area contributed by atoms with Crippen molar-refractivity contribution in [1.82, 2.24) is 5.01 Å². The van der Waals surface area contributed by atoms with Gasteiger partial charge in [-0.15, -0.1) is 0 Å². The van der Waals surface area contributed by atoms with E-state index in [0.717, 1.165) is 16.8 Å². The summed E-state index contributed by atoms with van der Waals surface area (Å²) in [6.45, 7) is 0. The Bertz CT molecular complexity index is 1140. The van der Waals surface area contributed by atoms with Crippen LogP contribution in [-0.2, 0) is 10.3 Å². The van der Waals surface area contributed by atoms with Crippen molar-refractivity contribution < 1.29 is 9.53 Å². The van der Waals surface area contributed by atoms with Crippen molar-refractivity contribution in [2.45, 2.75) is 11.6 Å². The molecule has 1 saturated heterocycles. The Morgan fingerprint density at radius 2 is 1.12 bits per heavy atom. The molecule has 0 spiro atoms. The summed E-state index contributed by atoms with van der Waals surface area (Å²) in [5.74, 6) is 0.581. The maximum absolute atomic E-state index is 13.7. The Morgan fingerprint density at radius 1 is 0.688 bits per heavy atom. The van der Waals surface area contributed by atoms with Gasteiger partial charge in [-0.3, -0.25) is 9.80 Å². The maximum atomic E-state index is 13.7. The lowest BCUT2D eigenvalue weighted by Crippen LogP contribution is -2.78. The molecule has 1 atom stereocenters. The van der Waals surface area contributed by atoms with E-state index in [0.29, 0.717) is 5.75 Å². The van der Waals surface area contributed by atoms with Gasteiger partial charge in [0.15, 0.2) is 5.54 Å². The highest BCUT2D eigenvalue weighted by Gasteiger charge is 2.66. The average molecular weight is 421 g/mol. The van der Waals surface area contributed by atoms with E-state index in [1.807, 2.05) is 114 Å². The van der Waals surface area contributed by atoms with Crippen LogP contribution in [0.1, 0.15) is 11.1 Å². The number of rotatable bonds is 6. The Balaban J connectivity index is 1.70. The van der Waals surface area contributed by atoms with Crippen LogP contribution in [0.25, 0.3) is 0 Å². The van der Waals surface area contributed by atoms with Crippen LogP contribution in [0.15, 0.2) is 121 Å². The molecular formula is C28H24N2O2. The molecule has 5 rings (SSSR count). The number of anilines is 1. The Labute approximate surface area is 188 Å². The first-order chi connectivity index (χ1) is 15.7. The molecule has 0 aliphatic carbocycles. The zero-order valence-corrected chi connectivity index (χ0v) is 17.8. The summed E-state index contributed by atoms with van der Waals surface area (Å²) < 4.78 is 6.39. The fourth-order valence-corrected chi connectivity index (χ4v) is 4.52. The van der Waals surface area contributed by atoms with Gasteiger partial charge in [0.2, 0.25) is 6.10 Å². The minimum atomic E-state index is -0.819. The fraction of sp³-hybridized carbons (Fsp3) is 0.107. The molecule has 0 aromatic heterocycles. The van der Waals surface area contributed by atoms with E-state index in [9.17, 15) is 4.79 Å². The van der Waals surface area contributed by atoms with E-state index in [4.69, 9.17) is 4.74 Å². The zero-order chi connectivity index (χ0) is 22.0. The van der Waals surface area contributed by atoms with Crippen molar-refractivity contribution in [2.75, 3.05) is 12.1 Å². The summed E-state index contributed by atoms with van der Waals surface area (Å²) in [5.41, 5.74) is 2.10. The number of carbonyl (C=O) groups is 1. The van der Waals surface area contributed by atoms with Crippen molar-refractivity contribution in [1.29, 1.82) is 0 Å². The molecule has 1 aliphatic heterocycles. The van der Waals surface area contributed by atoms with Crippen LogP contribution in [0, 0.1) is 0 Å². The van der Waals surface area contributed by atoms with Crippen molar-refractivity contribution in [2.24, 2.45) is 0 Å². The molecule has 0 N–H and O–H groups in total. The number of benzene rings is 4. The fourth-order valence-electron chi connectivity index (χ4n) is 4.52. The second-order valence-corrected chi connectivity index (χ2v) is 7.82. The molecule has 1 fully saturated rings. The third-order valence-electron chi connectivity index (χ3n) is 6.00. The molecule has 0 bridgehead atoms. The molecule has 0 unspecified atom stereocenters. The second kappa shape index (κ2) is 8.23. The van der Waals surface area contributed by atoms with Gasteiger partial charge in [0.1, 0.15) is 5.75 Å². The van der Waals surface area contributed by atoms with Crippen LogP contribution in [0.5, 0.6) is 5.75 Å². The van der Waals surface area contributed by atoms with E-state index in [-0.39, 0.29) is 5.91 Å². The number of hydrogen-bond acceptors (Lipinski definition) is 3. The Kier molecular flexibility index (Phi) is 5.12. The number of nitrogens with zero attached hydrogens (tertiary/aromatic N) is 2. The summed E-state index contributed by atoms with van der Waals surface area (Å²) >= 11 is 0. The highest BCUT2D eigenvalue weighted by Crippen LogP contribution is 2.50. The van der Waals surface area contributed by atoms with Crippen LogP contribution < -0.4 is 9.75 Å². The molecular weight excluding hydrogens is 396 g/mol. The lowest BCUT2D eigenvalue weighted by Gasteiger charge is -2.59. The predicted molar refractivity (Wildman–Crippen MR) is 126 cm³/mol. The number of hydrazine groups is 1. The maximum Gasteiger partial charge on any atom is 0.286 e. The van der Waals surface area contributed by atoms with Crippen LogP contribution >= 0.6 is 0 Å².